The van der Waals surface area contributed by atoms with E-state index in [0.29, 0.717) is 22.4 Å². The lowest BCUT2D eigenvalue weighted by atomic mass is 10.2. The molecule has 24 heavy (non-hydrogen) atoms. The summed E-state index contributed by atoms with van der Waals surface area (Å²) in [5.74, 6) is 0.865. The third-order valence-electron chi connectivity index (χ3n) is 2.55. The average Bonchev–Trinajstić information content (AvgIpc) is 2.58. The fourth-order valence-corrected chi connectivity index (χ4v) is 2.94. The number of carbonyl (C=O) groups excluding carboxylic acids is 1. The minimum atomic E-state index is 0.243. The fourth-order valence-electron chi connectivity index (χ4n) is 1.57. The van der Waals surface area contributed by atoms with Crippen LogP contribution in [0.15, 0.2) is 23.6 Å². The van der Waals surface area contributed by atoms with Crippen LogP contribution in [-0.4, -0.2) is 21.4 Å². The average molecular weight is 370 g/mol. The molecule has 7 heteroatoms. The molecule has 2 heterocycles. The molecule has 0 unspecified atom stereocenters. The first-order valence-corrected chi connectivity index (χ1v) is 9.14. The van der Waals surface area contributed by atoms with Gasteiger partial charge in [0.15, 0.2) is 5.16 Å². The Bertz CT molecular complexity index is 619. The maximum absolute atomic E-state index is 10.4. The molecule has 0 aliphatic carbocycles. The summed E-state index contributed by atoms with van der Waals surface area (Å²) in [6.45, 7) is 12.1. The van der Waals surface area contributed by atoms with Gasteiger partial charge in [-0.25, -0.2) is 4.98 Å². The summed E-state index contributed by atoms with van der Waals surface area (Å²) >= 11 is 7.55. The van der Waals surface area contributed by atoms with Crippen LogP contribution >= 0.6 is 23.4 Å². The summed E-state index contributed by atoms with van der Waals surface area (Å²) in [6.07, 6.45) is 3.38. The van der Waals surface area contributed by atoms with Gasteiger partial charge in [-0.15, -0.1) is 0 Å². The van der Waals surface area contributed by atoms with Gasteiger partial charge in [-0.3, -0.25) is 9.78 Å². The van der Waals surface area contributed by atoms with Crippen LogP contribution in [0.3, 0.4) is 0 Å². The van der Waals surface area contributed by atoms with E-state index < -0.39 is 0 Å². The second-order valence-corrected chi connectivity index (χ2v) is 5.40. The lowest BCUT2D eigenvalue weighted by Crippen LogP contribution is -1.98. The summed E-state index contributed by atoms with van der Waals surface area (Å²) < 4.78 is 4.75. The van der Waals surface area contributed by atoms with E-state index in [2.05, 4.69) is 15.0 Å². The fraction of sp³-hybridized carbons (Fsp3) is 0.412. The van der Waals surface area contributed by atoms with E-state index in [9.17, 15) is 4.79 Å². The van der Waals surface area contributed by atoms with Crippen LogP contribution in [0.5, 0.6) is 5.88 Å². The van der Waals surface area contributed by atoms with Crippen LogP contribution in [0.25, 0.3) is 0 Å². The number of hydrogen-bond donors (Lipinski definition) is 0. The van der Waals surface area contributed by atoms with Crippen LogP contribution in [0.1, 0.15) is 44.5 Å². The standard InChI is InChI=1S/C13H12ClN3O2S.2C2H6/c1-8-4-15-5-11(14)10(8)6-20-13-16-9(2)3-12(17-13)19-7-18;2*1-2/h3-5,7H,6H2,1-2H3;2*1-2H3. The molecule has 5 nitrogen and oxygen atoms in total. The van der Waals surface area contributed by atoms with Gasteiger partial charge in [0.25, 0.3) is 6.47 Å². The van der Waals surface area contributed by atoms with Crippen LogP contribution in [0.4, 0.5) is 0 Å². The SMILES string of the molecule is CC.CC.Cc1cc(OC=O)nc(SCc2c(C)cncc2Cl)n1. The van der Waals surface area contributed by atoms with Crippen LogP contribution in [0.2, 0.25) is 5.02 Å². The molecule has 132 valence electrons. The zero-order valence-corrected chi connectivity index (χ0v) is 16.5. The summed E-state index contributed by atoms with van der Waals surface area (Å²) in [5, 5.41) is 1.16. The van der Waals surface area contributed by atoms with Crippen molar-refractivity contribution in [3.63, 3.8) is 0 Å². The Labute approximate surface area is 153 Å². The van der Waals surface area contributed by atoms with Gasteiger partial charge in [0.2, 0.25) is 5.88 Å². The van der Waals surface area contributed by atoms with Crippen LogP contribution in [0, 0.1) is 13.8 Å². The number of rotatable bonds is 5. The number of aryl methyl sites for hydroxylation is 2. The molecular formula is C17H24ClN3O2S. The first-order chi connectivity index (χ1) is 11.6. The Balaban J connectivity index is 0.00000123. The molecule has 0 aromatic carbocycles. The minimum Gasteiger partial charge on any atom is -0.410 e. The molecule has 0 N–H and O–H groups in total. The second kappa shape index (κ2) is 12.7. The van der Waals surface area contributed by atoms with Crippen LogP contribution < -0.4 is 4.74 Å². The van der Waals surface area contributed by atoms with Gasteiger partial charge in [0, 0.05) is 29.9 Å². The molecular weight excluding hydrogens is 346 g/mol. The molecule has 2 aromatic rings. The van der Waals surface area contributed by atoms with E-state index in [1.165, 1.54) is 11.8 Å². The summed E-state index contributed by atoms with van der Waals surface area (Å²) in [6, 6.07) is 1.60. The van der Waals surface area contributed by atoms with Crippen LogP contribution in [-0.2, 0) is 10.5 Å². The molecule has 2 aromatic heterocycles. The Hall–Kier alpha value is -1.66. The zero-order chi connectivity index (χ0) is 18.5. The van der Waals surface area contributed by atoms with Crippen molar-refractivity contribution in [2.75, 3.05) is 0 Å². The summed E-state index contributed by atoms with van der Waals surface area (Å²) in [7, 11) is 0. The highest BCUT2D eigenvalue weighted by Gasteiger charge is 2.08. The number of nitrogens with zero attached hydrogens (tertiary/aromatic N) is 3. The van der Waals surface area contributed by atoms with Crippen molar-refractivity contribution in [2.24, 2.45) is 0 Å². The zero-order valence-electron chi connectivity index (χ0n) is 15.0. The van der Waals surface area contributed by atoms with Crippen molar-refractivity contribution >= 4 is 29.8 Å². The maximum Gasteiger partial charge on any atom is 0.299 e. The Kier molecular flexibility index (Phi) is 11.8. The molecule has 0 amide bonds. The predicted molar refractivity (Wildman–Crippen MR) is 99.7 cm³/mol. The van der Waals surface area contributed by atoms with Gasteiger partial charge in [-0.1, -0.05) is 51.1 Å². The van der Waals surface area contributed by atoms with E-state index >= 15 is 0 Å². The first-order valence-electron chi connectivity index (χ1n) is 7.78. The van der Waals surface area contributed by atoms with Gasteiger partial charge < -0.3 is 4.74 Å². The molecule has 0 atom stereocenters. The summed E-state index contributed by atoms with van der Waals surface area (Å²) in [4.78, 5) is 22.8. The number of thioether (sulfide) groups is 1. The van der Waals surface area contributed by atoms with Gasteiger partial charge in [0.1, 0.15) is 0 Å². The van der Waals surface area contributed by atoms with Crippen molar-refractivity contribution < 1.29 is 9.53 Å². The Morgan fingerprint density at radius 3 is 2.42 bits per heavy atom. The topological polar surface area (TPSA) is 65.0 Å². The molecule has 2 rings (SSSR count). The highest BCUT2D eigenvalue weighted by atomic mass is 35.5. The molecule has 0 aliphatic heterocycles. The number of aromatic nitrogens is 3. The predicted octanol–water partition coefficient (Wildman–Crippen LogP) is 5.02. The summed E-state index contributed by atoms with van der Waals surface area (Å²) in [5.41, 5.74) is 2.74. The smallest absolute Gasteiger partial charge is 0.299 e. The van der Waals surface area contributed by atoms with Crippen molar-refractivity contribution in [1.82, 2.24) is 15.0 Å². The quantitative estimate of drug-likeness (QED) is 0.418. The van der Waals surface area contributed by atoms with E-state index in [0.717, 1.165) is 16.8 Å². The number of halogens is 1. The highest BCUT2D eigenvalue weighted by Crippen LogP contribution is 2.27. The largest absolute Gasteiger partial charge is 0.410 e. The maximum atomic E-state index is 10.4. The number of pyridine rings is 1. The van der Waals surface area contributed by atoms with E-state index in [-0.39, 0.29) is 5.88 Å². The lowest BCUT2D eigenvalue weighted by Gasteiger charge is -2.07. The Morgan fingerprint density at radius 2 is 1.83 bits per heavy atom. The molecule has 0 saturated carbocycles. The first kappa shape index (κ1) is 22.3. The van der Waals surface area contributed by atoms with Crippen molar-refractivity contribution in [3.05, 3.63) is 40.3 Å². The number of carbonyl (C=O) groups is 1. The molecule has 0 fully saturated rings. The van der Waals surface area contributed by atoms with Gasteiger partial charge in [-0.05, 0) is 25.0 Å². The van der Waals surface area contributed by atoms with Gasteiger partial charge >= 0.3 is 0 Å². The second-order valence-electron chi connectivity index (χ2n) is 4.05. The number of hydrogen-bond acceptors (Lipinski definition) is 6. The van der Waals surface area contributed by atoms with Crippen molar-refractivity contribution in [1.29, 1.82) is 0 Å². The third kappa shape index (κ3) is 7.27. The lowest BCUT2D eigenvalue weighted by molar-refractivity contribution is -0.121. The van der Waals surface area contributed by atoms with E-state index in [1.807, 2.05) is 41.5 Å². The van der Waals surface area contributed by atoms with E-state index in [1.54, 1.807) is 18.5 Å². The van der Waals surface area contributed by atoms with Crippen molar-refractivity contribution in [2.45, 2.75) is 52.5 Å². The molecule has 0 saturated heterocycles. The molecule has 0 aliphatic rings. The Morgan fingerprint density at radius 1 is 1.17 bits per heavy atom. The van der Waals surface area contributed by atoms with E-state index in [4.69, 9.17) is 16.3 Å². The minimum absolute atomic E-state index is 0.243. The van der Waals surface area contributed by atoms with Crippen molar-refractivity contribution in [3.8, 4) is 5.88 Å². The van der Waals surface area contributed by atoms with Gasteiger partial charge in [-0.2, -0.15) is 4.98 Å². The third-order valence-corrected chi connectivity index (χ3v) is 3.74. The molecule has 0 bridgehead atoms. The molecule has 0 radical (unpaired) electrons. The monoisotopic (exact) mass is 369 g/mol. The molecule has 0 spiro atoms. The normalized spacial score (nSPS) is 9.12. The number of ether oxygens (including phenoxy) is 1. The highest BCUT2D eigenvalue weighted by molar-refractivity contribution is 7.98. The van der Waals surface area contributed by atoms with Gasteiger partial charge in [0.05, 0.1) is 5.02 Å².